The highest BCUT2D eigenvalue weighted by Crippen LogP contribution is 2.36. The smallest absolute Gasteiger partial charge is 0.0701 e. The molecule has 0 bridgehead atoms. The van der Waals surface area contributed by atoms with E-state index in [-0.39, 0.29) is 0 Å². The molecule has 0 nitrogen and oxygen atoms in total. The first-order valence-electron chi connectivity index (χ1n) is 14.7. The van der Waals surface area contributed by atoms with Crippen LogP contribution in [0.15, 0.2) is 113 Å². The molecule has 0 saturated heterocycles. The maximum absolute atomic E-state index is 3.38. The van der Waals surface area contributed by atoms with Crippen LogP contribution >= 0.6 is 105 Å². The zero-order valence-electron chi connectivity index (χ0n) is 27.7. The molecular weight excluding hydrogens is 856 g/mol. The molecule has 0 aliphatic carbocycles. The molecule has 0 fully saturated rings. The number of fused-ring (bicyclic) bond motifs is 1. The average Bonchev–Trinajstić information content (AvgIpc) is 3.85. The lowest BCUT2D eigenvalue weighted by Gasteiger charge is -1.98. The summed E-state index contributed by atoms with van der Waals surface area (Å²) < 4.78 is 3.62. The van der Waals surface area contributed by atoms with E-state index >= 15 is 0 Å². The Morgan fingerprint density at radius 1 is 0.630 bits per heavy atom. The van der Waals surface area contributed by atoms with Gasteiger partial charge >= 0.3 is 0 Å². The van der Waals surface area contributed by atoms with Crippen LogP contribution in [0.2, 0.25) is 0 Å². The topological polar surface area (TPSA) is 0 Å². The van der Waals surface area contributed by atoms with E-state index in [1.54, 1.807) is 45.3 Å². The van der Waals surface area contributed by atoms with Crippen LogP contribution in [-0.2, 0) is 6.42 Å². The highest BCUT2D eigenvalue weighted by Gasteiger charge is 2.16. The van der Waals surface area contributed by atoms with Gasteiger partial charge in [-0.05, 0) is 167 Å². The lowest BCUT2D eigenvalue weighted by Crippen LogP contribution is -1.90. The molecule has 246 valence electrons. The van der Waals surface area contributed by atoms with Crippen LogP contribution in [-0.4, -0.2) is 5.25 Å². The number of hydrogen-bond donors (Lipinski definition) is 0. The van der Waals surface area contributed by atoms with Gasteiger partial charge in [-0.25, -0.2) is 0 Å². The molecule has 2 aromatic carbocycles. The maximum Gasteiger partial charge on any atom is 0.0701 e. The fraction of sp³-hybridized carbons (Fsp3) is 0.263. The third kappa shape index (κ3) is 17.4. The second kappa shape index (κ2) is 22.6. The normalized spacial score (nSPS) is 12.3. The Balaban J connectivity index is 0.000000194. The van der Waals surface area contributed by atoms with E-state index in [1.807, 2.05) is 11.8 Å². The lowest BCUT2D eigenvalue weighted by molar-refractivity contribution is 0.960. The van der Waals surface area contributed by atoms with E-state index < -0.39 is 0 Å². The third-order valence-electron chi connectivity index (χ3n) is 6.34. The summed E-state index contributed by atoms with van der Waals surface area (Å²) in [6.45, 7) is 17.1. The van der Waals surface area contributed by atoms with Crippen molar-refractivity contribution in [1.29, 1.82) is 0 Å². The summed E-state index contributed by atoms with van der Waals surface area (Å²) in [6.07, 6.45) is 1.25. The van der Waals surface area contributed by atoms with Crippen molar-refractivity contribution in [2.75, 3.05) is 0 Å². The van der Waals surface area contributed by atoms with Gasteiger partial charge in [0.25, 0.3) is 0 Å². The van der Waals surface area contributed by atoms with Gasteiger partial charge in [0.2, 0.25) is 0 Å². The Morgan fingerprint density at radius 2 is 1.37 bits per heavy atom. The number of aryl methyl sites for hydroxylation is 7. The zero-order chi connectivity index (χ0) is 34.1. The summed E-state index contributed by atoms with van der Waals surface area (Å²) in [6, 6.07) is 27.6. The van der Waals surface area contributed by atoms with Crippen molar-refractivity contribution in [1.82, 2.24) is 0 Å². The van der Waals surface area contributed by atoms with Crippen molar-refractivity contribution >= 4 is 105 Å². The molecule has 0 spiro atoms. The van der Waals surface area contributed by atoms with Crippen molar-refractivity contribution in [2.45, 2.75) is 72.0 Å². The molecule has 1 atom stereocenters. The molecule has 1 aliphatic rings. The molecule has 6 aromatic rings. The second-order valence-electron chi connectivity index (χ2n) is 10.6. The fourth-order valence-corrected chi connectivity index (χ4v) is 9.47. The first-order chi connectivity index (χ1) is 21.8. The molecule has 8 heteroatoms. The van der Waals surface area contributed by atoms with Crippen LogP contribution < -0.4 is 0 Å². The number of benzene rings is 2. The van der Waals surface area contributed by atoms with Crippen molar-refractivity contribution < 1.29 is 0 Å². The Bertz CT molecular complexity index is 1570. The molecule has 1 aliphatic heterocycles. The molecule has 0 saturated carbocycles. The van der Waals surface area contributed by atoms with E-state index in [2.05, 4.69) is 198 Å². The summed E-state index contributed by atoms with van der Waals surface area (Å²) in [5, 5.41) is 7.02. The highest BCUT2D eigenvalue weighted by atomic mass is 79.9. The number of halogens is 3. The maximum atomic E-state index is 3.38. The van der Waals surface area contributed by atoms with E-state index in [4.69, 9.17) is 0 Å². The Hall–Kier alpha value is -0.970. The summed E-state index contributed by atoms with van der Waals surface area (Å²) in [7, 11) is 0. The zero-order valence-corrected chi connectivity index (χ0v) is 36.5. The summed E-state index contributed by atoms with van der Waals surface area (Å²) >= 11 is 19.1. The van der Waals surface area contributed by atoms with Crippen LogP contribution in [0.5, 0.6) is 0 Å². The predicted molar refractivity (Wildman–Crippen MR) is 225 cm³/mol. The minimum absolute atomic E-state index is 0.789. The molecule has 0 N–H and O–H groups in total. The van der Waals surface area contributed by atoms with Crippen molar-refractivity contribution in [2.24, 2.45) is 0 Å². The van der Waals surface area contributed by atoms with Crippen molar-refractivity contribution in [3.05, 3.63) is 149 Å². The van der Waals surface area contributed by atoms with Gasteiger partial charge in [0.05, 0.1) is 3.79 Å². The average molecular weight is 900 g/mol. The van der Waals surface area contributed by atoms with Crippen LogP contribution in [0.25, 0.3) is 0 Å². The first-order valence-corrected chi connectivity index (χ1v) is 21.5. The van der Waals surface area contributed by atoms with Crippen LogP contribution in [0.4, 0.5) is 0 Å². The SMILES string of the molecule is CC1Cc2ccccc2S1.Cc1cc(Br)cs1.Cc1ccc(Br)s1.Cc1ccc(C)c(C)c1.Cc1cccs1.Cc1sccc1Br. The molecule has 7 rings (SSSR count). The highest BCUT2D eigenvalue weighted by molar-refractivity contribution is 9.11. The third-order valence-corrected chi connectivity index (χ3v) is 13.5. The standard InChI is InChI=1S/C9H10S.C9H12.3C5H5BrS.C5H6S/c1-7-6-8-4-2-3-5-9(8)10-7;1-7-4-5-8(2)9(3)6-7;1-4-2-5(6)3-7-4;1-4-5(6)2-3-7-4;1-4-2-3-5(6)7-4;1-5-3-2-4-6-5/h2-5,7H,6H2,1H3;4-6H,1-3H3;3*2-3H,1H3;2-4H,1H3. The minimum Gasteiger partial charge on any atom is -0.149 e. The van der Waals surface area contributed by atoms with Crippen molar-refractivity contribution in [3.8, 4) is 0 Å². The van der Waals surface area contributed by atoms with Gasteiger partial charge in [0, 0.05) is 44.0 Å². The molecule has 46 heavy (non-hydrogen) atoms. The predicted octanol–water partition coefficient (Wildman–Crippen LogP) is 15.8. The quantitative estimate of drug-likeness (QED) is 0.146. The first kappa shape index (κ1) is 41.2. The molecular formula is C38H43Br3S5. The molecule has 0 radical (unpaired) electrons. The molecule has 4 aromatic heterocycles. The largest absolute Gasteiger partial charge is 0.149 e. The number of thioether (sulfide) groups is 1. The van der Waals surface area contributed by atoms with E-state index in [0.717, 1.165) is 5.25 Å². The number of rotatable bonds is 0. The molecule has 0 amide bonds. The summed E-state index contributed by atoms with van der Waals surface area (Å²) in [5.41, 5.74) is 5.63. The van der Waals surface area contributed by atoms with E-state index in [0.29, 0.717) is 0 Å². The summed E-state index contributed by atoms with van der Waals surface area (Å²) in [4.78, 5) is 6.92. The minimum atomic E-state index is 0.789. The van der Waals surface area contributed by atoms with Gasteiger partial charge in [0.1, 0.15) is 0 Å². The Morgan fingerprint density at radius 3 is 1.72 bits per heavy atom. The molecule has 1 unspecified atom stereocenters. The second-order valence-corrected chi connectivity index (χ2v) is 19.9. The monoisotopic (exact) mass is 896 g/mol. The lowest BCUT2D eigenvalue weighted by atomic mass is 10.1. The fourth-order valence-electron chi connectivity index (χ4n) is 3.79. The number of hydrogen-bond acceptors (Lipinski definition) is 5. The van der Waals surface area contributed by atoms with Gasteiger partial charge in [0.15, 0.2) is 0 Å². The van der Waals surface area contributed by atoms with Crippen LogP contribution in [0.1, 0.15) is 48.7 Å². The number of thiophene rings is 4. The van der Waals surface area contributed by atoms with Crippen LogP contribution in [0.3, 0.4) is 0 Å². The van der Waals surface area contributed by atoms with E-state index in [1.165, 1.54) is 65.8 Å². The van der Waals surface area contributed by atoms with Gasteiger partial charge < -0.3 is 0 Å². The van der Waals surface area contributed by atoms with Gasteiger partial charge in [-0.15, -0.1) is 57.1 Å². The van der Waals surface area contributed by atoms with Crippen molar-refractivity contribution in [3.63, 3.8) is 0 Å². The molecule has 5 heterocycles. The van der Waals surface area contributed by atoms with Crippen LogP contribution in [0, 0.1) is 48.5 Å². The Kier molecular flexibility index (Phi) is 20.3. The van der Waals surface area contributed by atoms with E-state index in [9.17, 15) is 0 Å². The Labute approximate surface area is 323 Å². The summed E-state index contributed by atoms with van der Waals surface area (Å²) in [5.74, 6) is 0. The van der Waals surface area contributed by atoms with Gasteiger partial charge in [-0.2, -0.15) is 0 Å². The van der Waals surface area contributed by atoms with Gasteiger partial charge in [-0.1, -0.05) is 55.0 Å². The van der Waals surface area contributed by atoms with Gasteiger partial charge in [-0.3, -0.25) is 0 Å².